The summed E-state index contributed by atoms with van der Waals surface area (Å²) in [5, 5.41) is 33.4. The standard InChI is InChI=1S/C21H22F2N6O2/c1-13(28-31-10-3-2-9-30)17-6-7-19(24)29(27-17)20(25)11-15-16(22)12-18-14(21(15)23)5-4-8-26-18/h4-8,12,24-25,30H,2-3,9-11H2,1H3/b24-19?,25-20?,28-13+. The predicted molar refractivity (Wildman–Crippen MR) is 111 cm³/mol. The molecule has 162 valence electrons. The van der Waals surface area contributed by atoms with E-state index in [1.807, 2.05) is 0 Å². The third-order valence-corrected chi connectivity index (χ3v) is 4.54. The van der Waals surface area contributed by atoms with E-state index in [4.69, 9.17) is 20.8 Å². The van der Waals surface area contributed by atoms with Gasteiger partial charge in [0.15, 0.2) is 0 Å². The molecule has 0 spiro atoms. The van der Waals surface area contributed by atoms with Gasteiger partial charge in [0, 0.05) is 36.2 Å². The van der Waals surface area contributed by atoms with Gasteiger partial charge in [-0.1, -0.05) is 5.16 Å². The summed E-state index contributed by atoms with van der Waals surface area (Å²) >= 11 is 0. The molecule has 3 aromatic rings. The molecule has 0 aliphatic carbocycles. The molecule has 0 bridgehead atoms. The minimum atomic E-state index is -0.814. The lowest BCUT2D eigenvalue weighted by Crippen LogP contribution is -2.31. The third kappa shape index (κ3) is 5.15. The minimum absolute atomic E-state index is 0.0790. The number of rotatable bonds is 8. The normalized spacial score (nSPS) is 11.7. The van der Waals surface area contributed by atoms with E-state index >= 15 is 0 Å². The molecule has 0 amide bonds. The van der Waals surface area contributed by atoms with Crippen molar-refractivity contribution in [1.82, 2.24) is 14.8 Å². The van der Waals surface area contributed by atoms with Gasteiger partial charge in [-0.15, -0.1) is 0 Å². The van der Waals surface area contributed by atoms with Crippen molar-refractivity contribution in [3.8, 4) is 0 Å². The van der Waals surface area contributed by atoms with Crippen molar-refractivity contribution in [1.29, 1.82) is 10.8 Å². The molecule has 0 aliphatic rings. The number of pyridine rings is 1. The van der Waals surface area contributed by atoms with Gasteiger partial charge in [0.25, 0.3) is 0 Å². The number of hydrogen-bond donors (Lipinski definition) is 3. The Balaban J connectivity index is 1.84. The fraction of sp³-hybridized carbons (Fsp3) is 0.286. The van der Waals surface area contributed by atoms with Gasteiger partial charge in [-0.2, -0.15) is 5.10 Å². The van der Waals surface area contributed by atoms with Gasteiger partial charge in [-0.3, -0.25) is 15.8 Å². The molecule has 0 atom stereocenters. The van der Waals surface area contributed by atoms with Gasteiger partial charge in [0.2, 0.25) is 0 Å². The summed E-state index contributed by atoms with van der Waals surface area (Å²) in [5.74, 6) is -1.87. The van der Waals surface area contributed by atoms with Crippen LogP contribution in [0.3, 0.4) is 0 Å². The number of aliphatic hydroxyl groups excluding tert-OH is 1. The van der Waals surface area contributed by atoms with E-state index in [1.165, 1.54) is 18.3 Å². The number of halogens is 2. The zero-order chi connectivity index (χ0) is 22.4. The summed E-state index contributed by atoms with van der Waals surface area (Å²) in [4.78, 5) is 9.12. The molecule has 3 rings (SSSR count). The topological polar surface area (TPSA) is 120 Å². The van der Waals surface area contributed by atoms with Gasteiger partial charge < -0.3 is 9.94 Å². The summed E-state index contributed by atoms with van der Waals surface area (Å²) in [6.45, 7) is 2.07. The van der Waals surface area contributed by atoms with Crippen LogP contribution in [0.5, 0.6) is 0 Å². The Morgan fingerprint density at radius 2 is 2.06 bits per heavy atom. The first-order valence-electron chi connectivity index (χ1n) is 9.64. The predicted octanol–water partition coefficient (Wildman–Crippen LogP) is 2.77. The average molecular weight is 428 g/mol. The maximum atomic E-state index is 14.8. The van der Waals surface area contributed by atoms with Crippen molar-refractivity contribution >= 4 is 22.5 Å². The third-order valence-electron chi connectivity index (χ3n) is 4.54. The lowest BCUT2D eigenvalue weighted by Gasteiger charge is -2.12. The zero-order valence-corrected chi connectivity index (χ0v) is 16.9. The fourth-order valence-electron chi connectivity index (χ4n) is 2.89. The molecule has 0 fully saturated rings. The molecule has 0 saturated heterocycles. The Bertz CT molecular complexity index is 1190. The van der Waals surface area contributed by atoms with E-state index in [0.29, 0.717) is 30.9 Å². The first-order valence-corrected chi connectivity index (χ1v) is 9.64. The average Bonchev–Trinajstić information content (AvgIpc) is 2.76. The van der Waals surface area contributed by atoms with E-state index in [0.717, 1.165) is 10.7 Å². The lowest BCUT2D eigenvalue weighted by molar-refractivity contribution is 0.134. The molecule has 8 nitrogen and oxygen atoms in total. The van der Waals surface area contributed by atoms with Crippen LogP contribution in [0.25, 0.3) is 10.9 Å². The van der Waals surface area contributed by atoms with Crippen molar-refractivity contribution in [3.05, 3.63) is 64.9 Å². The summed E-state index contributed by atoms with van der Waals surface area (Å²) in [5.41, 5.74) is 0.551. The molecule has 0 radical (unpaired) electrons. The van der Waals surface area contributed by atoms with E-state index in [9.17, 15) is 8.78 Å². The Morgan fingerprint density at radius 3 is 2.84 bits per heavy atom. The molecule has 0 unspecified atom stereocenters. The molecular weight excluding hydrogens is 406 g/mol. The van der Waals surface area contributed by atoms with E-state index in [1.54, 1.807) is 19.1 Å². The minimum Gasteiger partial charge on any atom is -0.396 e. The van der Waals surface area contributed by atoms with Gasteiger partial charge in [-0.25, -0.2) is 13.5 Å². The zero-order valence-electron chi connectivity index (χ0n) is 16.9. The number of hydrogen-bond acceptors (Lipinski definition) is 7. The maximum Gasteiger partial charge on any atom is 0.148 e. The second kappa shape index (κ2) is 9.98. The van der Waals surface area contributed by atoms with E-state index in [-0.39, 0.29) is 34.4 Å². The second-order valence-electron chi connectivity index (χ2n) is 6.80. The lowest BCUT2D eigenvalue weighted by atomic mass is 10.1. The van der Waals surface area contributed by atoms with Crippen LogP contribution in [-0.2, 0) is 11.3 Å². The van der Waals surface area contributed by atoms with Crippen LogP contribution in [0.2, 0.25) is 0 Å². The number of nitrogens with zero attached hydrogens (tertiary/aromatic N) is 4. The maximum absolute atomic E-state index is 14.8. The van der Waals surface area contributed by atoms with Crippen LogP contribution in [0.15, 0.2) is 41.7 Å². The number of aliphatic hydroxyl groups is 1. The fourth-order valence-corrected chi connectivity index (χ4v) is 2.89. The van der Waals surface area contributed by atoms with E-state index < -0.39 is 18.1 Å². The largest absolute Gasteiger partial charge is 0.396 e. The summed E-state index contributed by atoms with van der Waals surface area (Å²) in [7, 11) is 0. The number of benzene rings is 1. The van der Waals surface area contributed by atoms with Crippen molar-refractivity contribution < 1.29 is 18.7 Å². The summed E-state index contributed by atoms with van der Waals surface area (Å²) in [6.07, 6.45) is 2.30. The number of fused-ring (bicyclic) bond motifs is 1. The second-order valence-corrected chi connectivity index (χ2v) is 6.80. The number of unbranched alkanes of at least 4 members (excludes halogenated alkanes) is 1. The molecule has 3 N–H and O–H groups in total. The highest BCUT2D eigenvalue weighted by molar-refractivity contribution is 5.96. The van der Waals surface area contributed by atoms with Crippen LogP contribution < -0.4 is 5.49 Å². The molecule has 2 aromatic heterocycles. The first-order chi connectivity index (χ1) is 14.9. The Morgan fingerprint density at radius 1 is 1.26 bits per heavy atom. The molecule has 2 heterocycles. The van der Waals surface area contributed by atoms with Crippen LogP contribution in [0.4, 0.5) is 8.78 Å². The van der Waals surface area contributed by atoms with Crippen molar-refractivity contribution in [2.45, 2.75) is 26.2 Å². The smallest absolute Gasteiger partial charge is 0.148 e. The first kappa shape index (κ1) is 22.2. The Hall–Kier alpha value is -3.53. The van der Waals surface area contributed by atoms with Crippen LogP contribution in [0.1, 0.15) is 31.0 Å². The molecular formula is C21H22F2N6O2. The molecule has 0 saturated carbocycles. The molecule has 0 aliphatic heterocycles. The van der Waals surface area contributed by atoms with Crippen LogP contribution >= 0.6 is 0 Å². The summed E-state index contributed by atoms with van der Waals surface area (Å²) < 4.78 is 30.3. The monoisotopic (exact) mass is 428 g/mol. The van der Waals surface area contributed by atoms with Gasteiger partial charge >= 0.3 is 0 Å². The van der Waals surface area contributed by atoms with Gasteiger partial charge in [0.05, 0.1) is 5.52 Å². The number of nitrogens with one attached hydrogen (secondary N) is 2. The van der Waals surface area contributed by atoms with E-state index in [2.05, 4.69) is 15.2 Å². The number of aromatic nitrogens is 3. The van der Waals surface area contributed by atoms with Gasteiger partial charge in [-0.05, 0) is 44.0 Å². The highest BCUT2D eigenvalue weighted by atomic mass is 19.1. The van der Waals surface area contributed by atoms with Crippen molar-refractivity contribution in [2.75, 3.05) is 13.2 Å². The van der Waals surface area contributed by atoms with Crippen LogP contribution in [0, 0.1) is 22.5 Å². The Labute approximate surface area is 176 Å². The van der Waals surface area contributed by atoms with Crippen molar-refractivity contribution in [2.24, 2.45) is 5.16 Å². The van der Waals surface area contributed by atoms with Crippen LogP contribution in [-0.4, -0.2) is 44.6 Å². The SMILES string of the molecule is C/C(=N\OCCCCO)c1ccc(=N)n(C(=N)Cc2c(F)cc3ncccc3c2F)n1. The molecule has 10 heteroatoms. The number of oxime groups is 1. The quantitative estimate of drug-likeness (QED) is 0.221. The molecule has 31 heavy (non-hydrogen) atoms. The molecule has 1 aromatic carbocycles. The van der Waals surface area contributed by atoms with Gasteiger partial charge in [0.1, 0.15) is 41.0 Å². The highest BCUT2D eigenvalue weighted by Crippen LogP contribution is 2.23. The highest BCUT2D eigenvalue weighted by Gasteiger charge is 2.17. The van der Waals surface area contributed by atoms with Crippen molar-refractivity contribution in [3.63, 3.8) is 0 Å². The summed E-state index contributed by atoms with van der Waals surface area (Å²) in [6, 6.07) is 7.13. The Kier molecular flexibility index (Phi) is 7.14.